The van der Waals surface area contributed by atoms with E-state index in [1.54, 1.807) is 26.0 Å². The van der Waals surface area contributed by atoms with E-state index in [0.29, 0.717) is 6.54 Å². The quantitative estimate of drug-likeness (QED) is 0.865. The van der Waals surface area contributed by atoms with Gasteiger partial charge in [0.25, 0.3) is 0 Å². The van der Waals surface area contributed by atoms with Gasteiger partial charge in [0.2, 0.25) is 5.91 Å². The fraction of sp³-hybridized carbons (Fsp3) is 0.588. The average Bonchev–Trinajstić information content (AvgIpc) is 2.46. The molecule has 0 bridgehead atoms. The molecule has 1 aromatic carbocycles. The highest BCUT2D eigenvalue weighted by atomic mass is 32.2. The number of amides is 1. The van der Waals surface area contributed by atoms with Gasteiger partial charge in [-0.25, -0.2) is 12.8 Å². The Labute approximate surface area is 137 Å². The summed E-state index contributed by atoms with van der Waals surface area (Å²) in [5.41, 5.74) is 0.787. The van der Waals surface area contributed by atoms with Crippen LogP contribution in [-0.4, -0.2) is 31.4 Å². The second-order valence-corrected chi connectivity index (χ2v) is 9.47. The summed E-state index contributed by atoms with van der Waals surface area (Å²) in [5, 5.41) is 1.14. The van der Waals surface area contributed by atoms with Crippen LogP contribution in [0.3, 0.4) is 0 Å². The van der Waals surface area contributed by atoms with E-state index >= 15 is 0 Å². The fourth-order valence-corrected chi connectivity index (χ4v) is 4.13. The minimum atomic E-state index is -3.46. The van der Waals surface area contributed by atoms with Gasteiger partial charge in [0.05, 0.1) is 5.25 Å². The Bertz CT molecular complexity index is 664. The molecule has 1 aliphatic rings. The summed E-state index contributed by atoms with van der Waals surface area (Å²) in [7, 11) is -3.46. The maximum Gasteiger partial charge on any atom is 0.238 e. The lowest BCUT2D eigenvalue weighted by molar-refractivity contribution is -0.120. The molecule has 1 atom stereocenters. The zero-order valence-corrected chi connectivity index (χ0v) is 14.6. The maximum absolute atomic E-state index is 13.1. The van der Waals surface area contributed by atoms with Crippen LogP contribution in [0, 0.1) is 5.82 Å². The van der Waals surface area contributed by atoms with Crippen LogP contribution < -0.4 is 5.32 Å². The molecule has 1 saturated carbocycles. The molecule has 1 N–H and O–H groups in total. The van der Waals surface area contributed by atoms with Crippen LogP contribution >= 0.6 is 0 Å². The van der Waals surface area contributed by atoms with Crippen molar-refractivity contribution in [2.24, 2.45) is 0 Å². The molecular weight excluding hydrogens is 317 g/mol. The van der Waals surface area contributed by atoms with Gasteiger partial charge in [-0.05, 0) is 51.3 Å². The van der Waals surface area contributed by atoms with Crippen molar-refractivity contribution >= 4 is 15.7 Å². The first kappa shape index (κ1) is 17.9. The maximum atomic E-state index is 13.1. The Morgan fingerprint density at radius 3 is 2.22 bits per heavy atom. The Morgan fingerprint density at radius 2 is 1.78 bits per heavy atom. The number of rotatable bonds is 6. The molecule has 1 unspecified atom stereocenters. The first-order valence-electron chi connectivity index (χ1n) is 7.95. The highest BCUT2D eigenvalue weighted by Crippen LogP contribution is 2.43. The van der Waals surface area contributed by atoms with E-state index in [9.17, 15) is 17.6 Å². The molecule has 0 saturated heterocycles. The van der Waals surface area contributed by atoms with E-state index in [1.165, 1.54) is 19.1 Å². The van der Waals surface area contributed by atoms with Gasteiger partial charge in [0.15, 0.2) is 9.84 Å². The third kappa shape index (κ3) is 3.57. The van der Waals surface area contributed by atoms with Crippen LogP contribution in [0.5, 0.6) is 0 Å². The van der Waals surface area contributed by atoms with Gasteiger partial charge in [-0.1, -0.05) is 18.6 Å². The zero-order chi connectivity index (χ0) is 17.3. The molecule has 128 valence electrons. The Balaban J connectivity index is 2.06. The number of benzene rings is 1. The largest absolute Gasteiger partial charge is 0.354 e. The third-order valence-electron chi connectivity index (χ3n) is 4.89. The number of nitrogens with one attached hydrogen (secondary N) is 1. The van der Waals surface area contributed by atoms with E-state index in [1.807, 2.05) is 0 Å². The summed E-state index contributed by atoms with van der Waals surface area (Å²) in [4.78, 5) is 12.2. The zero-order valence-electron chi connectivity index (χ0n) is 13.8. The SMILES string of the molecule is CC(C)S(=O)(=O)C(C)C(=O)NCC1(c2ccc(F)cc2)CCC1. The molecule has 1 aliphatic carbocycles. The minimum absolute atomic E-state index is 0.204. The standard InChI is InChI=1S/C17H24FNO3S/c1-12(2)23(21,22)13(3)16(20)19-11-17(9-4-10-17)14-5-7-15(18)8-6-14/h5-8,12-13H,4,9-11H2,1-3H3,(H,19,20). The molecule has 0 spiro atoms. The van der Waals surface area contributed by atoms with Gasteiger partial charge in [0, 0.05) is 12.0 Å². The lowest BCUT2D eigenvalue weighted by atomic mass is 9.64. The molecule has 2 rings (SSSR count). The van der Waals surface area contributed by atoms with Crippen LogP contribution in [-0.2, 0) is 20.0 Å². The predicted molar refractivity (Wildman–Crippen MR) is 88.5 cm³/mol. The van der Waals surface area contributed by atoms with Gasteiger partial charge in [-0.15, -0.1) is 0 Å². The van der Waals surface area contributed by atoms with Crippen molar-refractivity contribution in [1.29, 1.82) is 0 Å². The van der Waals surface area contributed by atoms with E-state index in [4.69, 9.17) is 0 Å². The fourth-order valence-electron chi connectivity index (χ4n) is 2.93. The Kier molecular flexibility index (Phi) is 5.14. The summed E-state index contributed by atoms with van der Waals surface area (Å²) in [6.07, 6.45) is 2.86. The summed E-state index contributed by atoms with van der Waals surface area (Å²) in [6, 6.07) is 6.33. The van der Waals surface area contributed by atoms with Gasteiger partial charge < -0.3 is 5.32 Å². The molecular formula is C17H24FNO3S. The number of carbonyl (C=O) groups is 1. The van der Waals surface area contributed by atoms with Crippen molar-refractivity contribution in [3.8, 4) is 0 Å². The number of halogens is 1. The van der Waals surface area contributed by atoms with E-state index in [-0.39, 0.29) is 11.2 Å². The van der Waals surface area contributed by atoms with Crippen molar-refractivity contribution < 1.29 is 17.6 Å². The van der Waals surface area contributed by atoms with Crippen molar-refractivity contribution in [1.82, 2.24) is 5.32 Å². The summed E-state index contributed by atoms with van der Waals surface area (Å²) < 4.78 is 37.3. The first-order valence-corrected chi connectivity index (χ1v) is 9.56. The molecule has 1 amide bonds. The molecule has 0 aliphatic heterocycles. The third-order valence-corrected chi connectivity index (χ3v) is 7.40. The number of hydrogen-bond acceptors (Lipinski definition) is 3. The normalized spacial score (nSPS) is 18.3. The van der Waals surface area contributed by atoms with Crippen molar-refractivity contribution in [3.63, 3.8) is 0 Å². The molecule has 23 heavy (non-hydrogen) atoms. The van der Waals surface area contributed by atoms with Gasteiger partial charge in [-0.2, -0.15) is 0 Å². The first-order chi connectivity index (χ1) is 10.7. The van der Waals surface area contributed by atoms with Crippen LogP contribution in [0.2, 0.25) is 0 Å². The van der Waals surface area contributed by atoms with Crippen molar-refractivity contribution in [3.05, 3.63) is 35.6 Å². The topological polar surface area (TPSA) is 63.2 Å². The van der Waals surface area contributed by atoms with E-state index in [2.05, 4.69) is 5.32 Å². The van der Waals surface area contributed by atoms with Crippen LogP contribution in [0.4, 0.5) is 4.39 Å². The highest BCUT2D eigenvalue weighted by molar-refractivity contribution is 7.93. The smallest absolute Gasteiger partial charge is 0.238 e. The Morgan fingerprint density at radius 1 is 1.22 bits per heavy atom. The van der Waals surface area contributed by atoms with Crippen LogP contribution in [0.15, 0.2) is 24.3 Å². The Hall–Kier alpha value is -1.43. The van der Waals surface area contributed by atoms with Crippen LogP contribution in [0.25, 0.3) is 0 Å². The van der Waals surface area contributed by atoms with Gasteiger partial charge >= 0.3 is 0 Å². The molecule has 6 heteroatoms. The number of sulfone groups is 1. The molecule has 0 radical (unpaired) electrons. The highest BCUT2D eigenvalue weighted by Gasteiger charge is 2.40. The van der Waals surface area contributed by atoms with Crippen LogP contribution in [0.1, 0.15) is 45.6 Å². The number of hydrogen-bond donors (Lipinski definition) is 1. The molecule has 0 heterocycles. The lowest BCUT2D eigenvalue weighted by Crippen LogP contribution is -2.49. The van der Waals surface area contributed by atoms with E-state index in [0.717, 1.165) is 24.8 Å². The minimum Gasteiger partial charge on any atom is -0.354 e. The van der Waals surface area contributed by atoms with Gasteiger partial charge in [0.1, 0.15) is 11.1 Å². The van der Waals surface area contributed by atoms with Gasteiger partial charge in [-0.3, -0.25) is 4.79 Å². The average molecular weight is 341 g/mol. The summed E-state index contributed by atoms with van der Waals surface area (Å²) in [6.45, 7) is 4.96. The summed E-state index contributed by atoms with van der Waals surface area (Å²) in [5.74, 6) is -0.754. The molecule has 1 fully saturated rings. The van der Waals surface area contributed by atoms with Crippen molar-refractivity contribution in [2.75, 3.05) is 6.54 Å². The van der Waals surface area contributed by atoms with Crippen molar-refractivity contribution in [2.45, 2.75) is 55.9 Å². The molecule has 0 aromatic heterocycles. The molecule has 4 nitrogen and oxygen atoms in total. The monoisotopic (exact) mass is 341 g/mol. The van der Waals surface area contributed by atoms with E-state index < -0.39 is 26.2 Å². The number of carbonyl (C=O) groups excluding carboxylic acids is 1. The summed E-state index contributed by atoms with van der Waals surface area (Å²) >= 11 is 0. The second-order valence-electron chi connectivity index (χ2n) is 6.64. The second kappa shape index (κ2) is 6.59. The molecule has 1 aromatic rings. The lowest BCUT2D eigenvalue weighted by Gasteiger charge is -2.42. The predicted octanol–water partition coefficient (Wildman–Crippen LogP) is 2.58.